The van der Waals surface area contributed by atoms with Crippen LogP contribution in [-0.2, 0) is 0 Å². The predicted octanol–water partition coefficient (Wildman–Crippen LogP) is 3.60. The van der Waals surface area contributed by atoms with Gasteiger partial charge >= 0.3 is 0 Å². The molecule has 0 amide bonds. The fourth-order valence-corrected chi connectivity index (χ4v) is 4.44. The molecule has 1 fully saturated rings. The molecule has 33 heavy (non-hydrogen) atoms. The van der Waals surface area contributed by atoms with Crippen molar-refractivity contribution in [3.8, 4) is 11.1 Å². The first-order valence-electron chi connectivity index (χ1n) is 11.2. The number of rotatable bonds is 7. The van der Waals surface area contributed by atoms with Crippen molar-refractivity contribution in [2.75, 3.05) is 45.6 Å². The van der Waals surface area contributed by atoms with E-state index in [0.717, 1.165) is 65.4 Å². The lowest BCUT2D eigenvalue weighted by Gasteiger charge is -2.20. The average Bonchev–Trinajstić information content (AvgIpc) is 3.51. The maximum atomic E-state index is 13.5. The zero-order valence-electron chi connectivity index (χ0n) is 18.8. The number of benzene rings is 2. The summed E-state index contributed by atoms with van der Waals surface area (Å²) < 4.78 is 13.5. The van der Waals surface area contributed by atoms with Gasteiger partial charge in [-0.1, -0.05) is 18.2 Å². The van der Waals surface area contributed by atoms with E-state index in [-0.39, 0.29) is 17.7 Å². The van der Waals surface area contributed by atoms with Gasteiger partial charge in [-0.3, -0.25) is 5.10 Å². The number of nitrogens with zero attached hydrogens (tertiary/aromatic N) is 4. The molecule has 5 rings (SSSR count). The molecule has 8 heteroatoms. The third kappa shape index (κ3) is 4.58. The maximum absolute atomic E-state index is 13.5. The SMILES string of the molecule is CN(C)CCNc1nc([C@@H]2CNC[C@H]2c2ccc(F)cc2)nc2ccc(-c3cn[nH]c3)cc12. The Morgan fingerprint density at radius 2 is 1.85 bits per heavy atom. The van der Waals surface area contributed by atoms with Crippen molar-refractivity contribution >= 4 is 16.7 Å². The van der Waals surface area contributed by atoms with Gasteiger partial charge in [-0.25, -0.2) is 14.4 Å². The number of hydrogen-bond donors (Lipinski definition) is 3. The summed E-state index contributed by atoms with van der Waals surface area (Å²) in [7, 11) is 4.11. The number of aromatic amines is 1. The van der Waals surface area contributed by atoms with Crippen molar-refractivity contribution in [2.24, 2.45) is 0 Å². The van der Waals surface area contributed by atoms with Crippen LogP contribution in [0.5, 0.6) is 0 Å². The molecular weight excluding hydrogens is 417 g/mol. The number of aromatic nitrogens is 4. The van der Waals surface area contributed by atoms with Gasteiger partial charge in [0.2, 0.25) is 0 Å². The lowest BCUT2D eigenvalue weighted by Crippen LogP contribution is -2.22. The molecule has 3 N–H and O–H groups in total. The maximum Gasteiger partial charge on any atom is 0.137 e. The van der Waals surface area contributed by atoms with E-state index in [1.54, 1.807) is 0 Å². The summed E-state index contributed by atoms with van der Waals surface area (Å²) >= 11 is 0. The van der Waals surface area contributed by atoms with E-state index in [4.69, 9.17) is 9.97 Å². The zero-order chi connectivity index (χ0) is 22.8. The smallest absolute Gasteiger partial charge is 0.137 e. The summed E-state index contributed by atoms with van der Waals surface area (Å²) in [5, 5.41) is 14.9. The second-order valence-corrected chi connectivity index (χ2v) is 8.80. The molecule has 0 bridgehead atoms. The third-order valence-corrected chi connectivity index (χ3v) is 6.24. The minimum Gasteiger partial charge on any atom is -0.368 e. The molecule has 3 heterocycles. The van der Waals surface area contributed by atoms with Crippen LogP contribution < -0.4 is 10.6 Å². The number of anilines is 1. The van der Waals surface area contributed by atoms with Crippen LogP contribution in [0.3, 0.4) is 0 Å². The van der Waals surface area contributed by atoms with Gasteiger partial charge in [-0.15, -0.1) is 0 Å². The molecule has 1 aliphatic rings. The minimum atomic E-state index is -0.219. The summed E-state index contributed by atoms with van der Waals surface area (Å²) in [6.45, 7) is 3.28. The molecule has 0 unspecified atom stereocenters. The van der Waals surface area contributed by atoms with Crippen molar-refractivity contribution < 1.29 is 4.39 Å². The normalized spacial score (nSPS) is 18.3. The van der Waals surface area contributed by atoms with Crippen molar-refractivity contribution in [3.05, 3.63) is 72.1 Å². The Kier molecular flexibility index (Phi) is 6.02. The summed E-state index contributed by atoms with van der Waals surface area (Å²) in [6, 6.07) is 13.0. The number of likely N-dealkylation sites (N-methyl/N-ethyl adjacent to an activating group) is 1. The predicted molar refractivity (Wildman–Crippen MR) is 129 cm³/mol. The van der Waals surface area contributed by atoms with E-state index in [1.807, 2.05) is 24.5 Å². The quantitative estimate of drug-likeness (QED) is 0.403. The van der Waals surface area contributed by atoms with Crippen LogP contribution in [0, 0.1) is 5.82 Å². The molecule has 0 radical (unpaired) electrons. The summed E-state index contributed by atoms with van der Waals surface area (Å²) in [5.74, 6) is 1.74. The van der Waals surface area contributed by atoms with Crippen LogP contribution in [0.15, 0.2) is 54.9 Å². The van der Waals surface area contributed by atoms with E-state index in [2.05, 4.69) is 58.0 Å². The molecule has 2 aromatic heterocycles. The van der Waals surface area contributed by atoms with Crippen molar-refractivity contribution in [2.45, 2.75) is 11.8 Å². The Bertz CT molecular complexity index is 1220. The first-order chi connectivity index (χ1) is 16.1. The van der Waals surface area contributed by atoms with E-state index in [0.29, 0.717) is 0 Å². The summed E-state index contributed by atoms with van der Waals surface area (Å²) in [5.41, 5.74) is 4.10. The standard InChI is InChI=1S/C25H28FN7/c1-33(2)10-9-28-24-20-11-17(18-12-29-30-13-18)5-8-23(20)31-25(32-24)22-15-27-14-21(22)16-3-6-19(26)7-4-16/h3-8,11-13,21-22,27H,9-10,14-15H2,1-2H3,(H,29,30)(H,28,31,32)/t21-,22+/m0/s1. The molecule has 0 aliphatic carbocycles. The highest BCUT2D eigenvalue weighted by molar-refractivity contribution is 5.92. The van der Waals surface area contributed by atoms with Gasteiger partial charge < -0.3 is 15.5 Å². The number of halogens is 1. The first kappa shape index (κ1) is 21.5. The highest BCUT2D eigenvalue weighted by Gasteiger charge is 2.32. The van der Waals surface area contributed by atoms with Crippen LogP contribution in [0.4, 0.5) is 10.2 Å². The van der Waals surface area contributed by atoms with Gasteiger partial charge in [0.25, 0.3) is 0 Å². The van der Waals surface area contributed by atoms with Crippen LogP contribution in [0.25, 0.3) is 22.0 Å². The molecule has 1 aliphatic heterocycles. The second-order valence-electron chi connectivity index (χ2n) is 8.80. The molecule has 2 atom stereocenters. The Hall–Kier alpha value is -3.36. The third-order valence-electron chi connectivity index (χ3n) is 6.24. The molecule has 0 saturated carbocycles. The summed E-state index contributed by atoms with van der Waals surface area (Å²) in [4.78, 5) is 12.1. The molecule has 4 aromatic rings. The van der Waals surface area contributed by atoms with E-state index >= 15 is 0 Å². The van der Waals surface area contributed by atoms with Crippen molar-refractivity contribution in [3.63, 3.8) is 0 Å². The Morgan fingerprint density at radius 1 is 1.03 bits per heavy atom. The van der Waals surface area contributed by atoms with E-state index in [1.165, 1.54) is 12.1 Å². The van der Waals surface area contributed by atoms with Crippen LogP contribution in [-0.4, -0.2) is 65.3 Å². The van der Waals surface area contributed by atoms with Crippen LogP contribution in [0.1, 0.15) is 23.2 Å². The largest absolute Gasteiger partial charge is 0.368 e. The number of H-pyrrole nitrogens is 1. The molecular formula is C25H28FN7. The molecule has 0 spiro atoms. The fourth-order valence-electron chi connectivity index (χ4n) is 4.44. The second kappa shape index (κ2) is 9.25. The van der Waals surface area contributed by atoms with Gasteiger partial charge in [0, 0.05) is 55.2 Å². The molecule has 170 valence electrons. The van der Waals surface area contributed by atoms with E-state index in [9.17, 15) is 4.39 Å². The van der Waals surface area contributed by atoms with Gasteiger partial charge in [0.05, 0.1) is 11.7 Å². The Balaban J connectivity index is 1.54. The van der Waals surface area contributed by atoms with Gasteiger partial charge in [0.15, 0.2) is 0 Å². The average molecular weight is 446 g/mol. The topological polar surface area (TPSA) is 81.8 Å². The van der Waals surface area contributed by atoms with E-state index < -0.39 is 0 Å². The van der Waals surface area contributed by atoms with Crippen molar-refractivity contribution in [1.29, 1.82) is 0 Å². The Morgan fingerprint density at radius 3 is 2.61 bits per heavy atom. The number of fused-ring (bicyclic) bond motifs is 1. The summed E-state index contributed by atoms with van der Waals surface area (Å²) in [6.07, 6.45) is 3.69. The molecule has 7 nitrogen and oxygen atoms in total. The van der Waals surface area contributed by atoms with Crippen molar-refractivity contribution in [1.82, 2.24) is 30.4 Å². The van der Waals surface area contributed by atoms with Gasteiger partial charge in [-0.05, 0) is 49.5 Å². The minimum absolute atomic E-state index is 0.114. The number of hydrogen-bond acceptors (Lipinski definition) is 6. The lowest BCUT2D eigenvalue weighted by molar-refractivity contribution is 0.425. The fraction of sp³-hybridized carbons (Fsp3) is 0.320. The Labute approximate surface area is 192 Å². The number of nitrogens with one attached hydrogen (secondary N) is 3. The lowest BCUT2D eigenvalue weighted by atomic mass is 9.88. The molecule has 2 aromatic carbocycles. The van der Waals surface area contributed by atoms with Crippen LogP contribution >= 0.6 is 0 Å². The zero-order valence-corrected chi connectivity index (χ0v) is 18.8. The highest BCUT2D eigenvalue weighted by atomic mass is 19.1. The first-order valence-corrected chi connectivity index (χ1v) is 11.2. The van der Waals surface area contributed by atoms with Gasteiger partial charge in [0.1, 0.15) is 17.5 Å². The van der Waals surface area contributed by atoms with Gasteiger partial charge in [-0.2, -0.15) is 5.10 Å². The molecule has 1 saturated heterocycles. The van der Waals surface area contributed by atoms with Crippen LogP contribution in [0.2, 0.25) is 0 Å². The monoisotopic (exact) mass is 445 g/mol. The highest BCUT2D eigenvalue weighted by Crippen LogP contribution is 2.36.